The van der Waals surface area contributed by atoms with Crippen molar-refractivity contribution in [1.82, 2.24) is 0 Å². The lowest BCUT2D eigenvalue weighted by Crippen LogP contribution is -2.28. The van der Waals surface area contributed by atoms with Crippen LogP contribution in [0.1, 0.15) is 6.92 Å². The molecule has 1 aromatic rings. The molecular formula is C12H13NO2S. The monoisotopic (exact) mass is 235 g/mol. The molecule has 1 atom stereocenters. The molecule has 0 fully saturated rings. The number of nitrogens with one attached hydrogen (secondary N) is 1. The maximum Gasteiger partial charge on any atom is 0.325 e. The van der Waals surface area contributed by atoms with Gasteiger partial charge in [0.1, 0.15) is 5.25 Å². The summed E-state index contributed by atoms with van der Waals surface area (Å²) in [5.74, 6) is -0.237. The lowest BCUT2D eigenvalue weighted by atomic mass is 10.2. The van der Waals surface area contributed by atoms with E-state index in [2.05, 4.69) is 11.9 Å². The van der Waals surface area contributed by atoms with Crippen molar-refractivity contribution in [3.63, 3.8) is 0 Å². The average Bonchev–Trinajstić information content (AvgIpc) is 2.28. The van der Waals surface area contributed by atoms with Crippen LogP contribution in [0.3, 0.4) is 0 Å². The van der Waals surface area contributed by atoms with Crippen molar-refractivity contribution >= 4 is 23.4 Å². The molecule has 1 unspecified atom stereocenters. The van der Waals surface area contributed by atoms with E-state index in [0.717, 1.165) is 10.6 Å². The van der Waals surface area contributed by atoms with Gasteiger partial charge in [-0.3, -0.25) is 4.79 Å². The van der Waals surface area contributed by atoms with Crippen molar-refractivity contribution in [1.29, 1.82) is 0 Å². The summed E-state index contributed by atoms with van der Waals surface area (Å²) in [6.45, 7) is 6.06. The fourth-order valence-corrected chi connectivity index (χ4v) is 2.54. The highest BCUT2D eigenvalue weighted by molar-refractivity contribution is 8.01. The number of carbonyl (C=O) groups excluding carboxylic acids is 1. The second-order valence-electron chi connectivity index (χ2n) is 3.40. The van der Waals surface area contributed by atoms with Crippen LogP contribution in [0.15, 0.2) is 41.4 Å². The molecule has 0 bridgehead atoms. The fourth-order valence-electron chi connectivity index (χ4n) is 1.52. The molecule has 1 N–H and O–H groups in total. The molecule has 0 saturated heterocycles. The van der Waals surface area contributed by atoms with E-state index in [4.69, 9.17) is 4.74 Å². The molecule has 1 aromatic carbocycles. The van der Waals surface area contributed by atoms with Gasteiger partial charge in [-0.2, -0.15) is 0 Å². The van der Waals surface area contributed by atoms with Gasteiger partial charge in [-0.15, -0.1) is 11.8 Å². The number of hydrogen-bond donors (Lipinski definition) is 1. The fraction of sp³-hybridized carbons (Fsp3) is 0.250. The number of carbonyl (C=O) groups is 1. The van der Waals surface area contributed by atoms with Crippen LogP contribution in [0, 0.1) is 0 Å². The molecule has 1 heterocycles. The second-order valence-corrected chi connectivity index (χ2v) is 4.54. The highest BCUT2D eigenvalue weighted by Crippen LogP contribution is 2.39. The number of benzene rings is 1. The molecule has 0 saturated carbocycles. The summed E-state index contributed by atoms with van der Waals surface area (Å²) in [5.41, 5.74) is 1.68. The number of esters is 1. The van der Waals surface area contributed by atoms with Crippen molar-refractivity contribution in [2.24, 2.45) is 0 Å². The predicted molar refractivity (Wildman–Crippen MR) is 65.5 cm³/mol. The van der Waals surface area contributed by atoms with E-state index in [1.807, 2.05) is 24.3 Å². The maximum atomic E-state index is 11.7. The Morgan fingerprint density at radius 2 is 2.31 bits per heavy atom. The Hall–Kier alpha value is -1.42. The molecule has 0 aromatic heterocycles. The van der Waals surface area contributed by atoms with Crippen LogP contribution >= 0.6 is 11.8 Å². The van der Waals surface area contributed by atoms with Crippen molar-refractivity contribution in [3.05, 3.63) is 36.5 Å². The van der Waals surface area contributed by atoms with Crippen LogP contribution in [-0.4, -0.2) is 17.8 Å². The van der Waals surface area contributed by atoms with Gasteiger partial charge in [-0.1, -0.05) is 18.7 Å². The van der Waals surface area contributed by atoms with Crippen molar-refractivity contribution in [2.75, 3.05) is 11.9 Å². The number of hydrogen-bond acceptors (Lipinski definition) is 4. The lowest BCUT2D eigenvalue weighted by molar-refractivity contribution is -0.141. The van der Waals surface area contributed by atoms with Gasteiger partial charge in [0, 0.05) is 10.6 Å². The van der Waals surface area contributed by atoms with Gasteiger partial charge in [-0.05, 0) is 19.1 Å². The van der Waals surface area contributed by atoms with E-state index in [-0.39, 0.29) is 11.2 Å². The van der Waals surface area contributed by atoms with E-state index in [1.165, 1.54) is 11.8 Å². The smallest absolute Gasteiger partial charge is 0.325 e. The highest BCUT2D eigenvalue weighted by atomic mass is 32.2. The Morgan fingerprint density at radius 1 is 1.56 bits per heavy atom. The topological polar surface area (TPSA) is 38.3 Å². The lowest BCUT2D eigenvalue weighted by Gasteiger charge is -2.26. The molecule has 0 spiro atoms. The van der Waals surface area contributed by atoms with Gasteiger partial charge >= 0.3 is 5.97 Å². The Balaban J connectivity index is 2.21. The Morgan fingerprint density at radius 3 is 3.06 bits per heavy atom. The molecule has 4 heteroatoms. The summed E-state index contributed by atoms with van der Waals surface area (Å²) in [7, 11) is 0. The molecule has 1 aliphatic heterocycles. The van der Waals surface area contributed by atoms with Crippen LogP contribution in [0.25, 0.3) is 0 Å². The molecule has 16 heavy (non-hydrogen) atoms. The third kappa shape index (κ3) is 2.07. The van der Waals surface area contributed by atoms with Crippen molar-refractivity contribution < 1.29 is 9.53 Å². The molecule has 0 amide bonds. The minimum atomic E-state index is -0.352. The van der Waals surface area contributed by atoms with E-state index < -0.39 is 0 Å². The number of anilines is 1. The summed E-state index contributed by atoms with van der Waals surface area (Å²) in [6, 6.07) is 7.84. The first-order valence-corrected chi connectivity index (χ1v) is 5.98. The zero-order valence-electron chi connectivity index (χ0n) is 9.03. The van der Waals surface area contributed by atoms with Crippen LogP contribution in [0.5, 0.6) is 0 Å². The molecule has 0 aliphatic carbocycles. The van der Waals surface area contributed by atoms with E-state index in [1.54, 1.807) is 6.92 Å². The van der Waals surface area contributed by atoms with Gasteiger partial charge in [0.05, 0.1) is 12.3 Å². The first-order valence-electron chi connectivity index (χ1n) is 5.10. The summed E-state index contributed by atoms with van der Waals surface area (Å²) in [6.07, 6.45) is 0. The molecule has 0 radical (unpaired) electrons. The summed E-state index contributed by atoms with van der Waals surface area (Å²) >= 11 is 1.48. The maximum absolute atomic E-state index is 11.7. The molecule has 2 rings (SSSR count). The Labute approximate surface area is 98.9 Å². The SMILES string of the molecule is C=C1Nc2ccccc2SC1C(=O)OCC. The Bertz CT molecular complexity index is 431. The number of rotatable bonds is 2. The van der Waals surface area contributed by atoms with Gasteiger partial charge in [0.2, 0.25) is 0 Å². The predicted octanol–water partition coefficient (Wildman–Crippen LogP) is 2.65. The van der Waals surface area contributed by atoms with Gasteiger partial charge in [0.15, 0.2) is 0 Å². The third-order valence-corrected chi connectivity index (χ3v) is 3.57. The summed E-state index contributed by atoms with van der Waals surface area (Å²) in [4.78, 5) is 12.7. The zero-order chi connectivity index (χ0) is 11.5. The number of para-hydroxylation sites is 1. The molecular weight excluding hydrogens is 222 g/mol. The van der Waals surface area contributed by atoms with E-state index in [0.29, 0.717) is 12.3 Å². The summed E-state index contributed by atoms with van der Waals surface area (Å²) in [5, 5.41) is 2.78. The molecule has 1 aliphatic rings. The molecule has 84 valence electrons. The van der Waals surface area contributed by atoms with Crippen LogP contribution in [0.2, 0.25) is 0 Å². The molecule has 3 nitrogen and oxygen atoms in total. The number of thioether (sulfide) groups is 1. The largest absolute Gasteiger partial charge is 0.465 e. The van der Waals surface area contributed by atoms with Crippen LogP contribution in [-0.2, 0) is 9.53 Å². The zero-order valence-corrected chi connectivity index (χ0v) is 9.84. The first kappa shape index (κ1) is 11.1. The second kappa shape index (κ2) is 4.61. The van der Waals surface area contributed by atoms with Gasteiger partial charge in [0.25, 0.3) is 0 Å². The van der Waals surface area contributed by atoms with Crippen molar-refractivity contribution in [3.8, 4) is 0 Å². The van der Waals surface area contributed by atoms with Gasteiger partial charge < -0.3 is 10.1 Å². The minimum Gasteiger partial charge on any atom is -0.465 e. The average molecular weight is 235 g/mol. The normalized spacial score (nSPS) is 18.6. The van der Waals surface area contributed by atoms with Crippen molar-refractivity contribution in [2.45, 2.75) is 17.1 Å². The third-order valence-electron chi connectivity index (χ3n) is 2.24. The van der Waals surface area contributed by atoms with E-state index >= 15 is 0 Å². The highest BCUT2D eigenvalue weighted by Gasteiger charge is 2.29. The quantitative estimate of drug-likeness (QED) is 0.800. The van der Waals surface area contributed by atoms with Crippen LogP contribution in [0.4, 0.5) is 5.69 Å². The number of ether oxygens (including phenoxy) is 1. The van der Waals surface area contributed by atoms with Gasteiger partial charge in [-0.25, -0.2) is 0 Å². The van der Waals surface area contributed by atoms with E-state index in [9.17, 15) is 4.79 Å². The minimum absolute atomic E-state index is 0.237. The number of fused-ring (bicyclic) bond motifs is 1. The summed E-state index contributed by atoms with van der Waals surface area (Å²) < 4.78 is 5.01. The first-order chi connectivity index (χ1) is 7.72. The van der Waals surface area contributed by atoms with Crippen LogP contribution < -0.4 is 5.32 Å². The Kier molecular flexibility index (Phi) is 3.19. The standard InChI is InChI=1S/C12H13NO2S/c1-3-15-12(14)11-8(2)13-9-6-4-5-7-10(9)16-11/h4-7,11,13H,2-3H2,1H3.